The van der Waals surface area contributed by atoms with Crippen LogP contribution < -0.4 is 0 Å². The van der Waals surface area contributed by atoms with Gasteiger partial charge in [-0.15, -0.1) is 0 Å². The lowest BCUT2D eigenvalue weighted by atomic mass is 9.88. The van der Waals surface area contributed by atoms with Gasteiger partial charge in [0.05, 0.1) is 5.92 Å². The van der Waals surface area contributed by atoms with Gasteiger partial charge in [-0.25, -0.2) is 0 Å². The second-order valence-corrected chi connectivity index (χ2v) is 10.5. The summed E-state index contributed by atoms with van der Waals surface area (Å²) >= 11 is 0. The first kappa shape index (κ1) is 28.6. The largest absolute Gasteiger partial charge is 0.393 e. The number of ether oxygens (including phenoxy) is 1. The van der Waals surface area contributed by atoms with Gasteiger partial charge in [-0.1, -0.05) is 127 Å². The third-order valence-electron chi connectivity index (χ3n) is 7.51. The van der Waals surface area contributed by atoms with Crippen LogP contribution >= 0.6 is 0 Å². The van der Waals surface area contributed by atoms with Crippen molar-refractivity contribution in [2.45, 2.75) is 141 Å². The number of hydrogen-bond acceptors (Lipinski definition) is 3. The summed E-state index contributed by atoms with van der Waals surface area (Å²) in [7, 11) is 0. The van der Waals surface area contributed by atoms with E-state index in [0.29, 0.717) is 12.3 Å². The van der Waals surface area contributed by atoms with E-state index in [1.807, 2.05) is 0 Å². The molecule has 0 aliphatic heterocycles. The van der Waals surface area contributed by atoms with Gasteiger partial charge in [0, 0.05) is 6.42 Å². The van der Waals surface area contributed by atoms with E-state index < -0.39 is 0 Å². The Bertz CT molecular complexity index is 648. The Labute approximate surface area is 209 Å². The molecule has 192 valence electrons. The van der Waals surface area contributed by atoms with Crippen LogP contribution in [0.25, 0.3) is 0 Å². The minimum absolute atomic E-state index is 0.0431. The first-order valence-corrected chi connectivity index (χ1v) is 14.5. The van der Waals surface area contributed by atoms with Gasteiger partial charge in [0.2, 0.25) is 0 Å². The van der Waals surface area contributed by atoms with Gasteiger partial charge in [-0.2, -0.15) is 0 Å². The van der Waals surface area contributed by atoms with Gasteiger partial charge in [0.15, 0.2) is 0 Å². The van der Waals surface area contributed by atoms with Gasteiger partial charge in [-0.05, 0) is 43.6 Å². The number of unbranched alkanes of at least 4 members (excludes halogenated alkanes) is 10. The molecule has 0 bridgehead atoms. The van der Waals surface area contributed by atoms with E-state index in [1.165, 1.54) is 82.6 Å². The van der Waals surface area contributed by atoms with E-state index in [2.05, 4.69) is 37.3 Å². The lowest BCUT2D eigenvalue weighted by molar-refractivity contribution is -0.163. The summed E-state index contributed by atoms with van der Waals surface area (Å²) in [5, 5.41) is 0. The van der Waals surface area contributed by atoms with Gasteiger partial charge in [0.25, 0.3) is 0 Å². The average molecular weight is 471 g/mol. The van der Waals surface area contributed by atoms with Crippen molar-refractivity contribution in [2.75, 3.05) is 0 Å². The molecule has 1 aliphatic carbocycles. The van der Waals surface area contributed by atoms with Gasteiger partial charge in [-0.3, -0.25) is 9.59 Å². The Balaban J connectivity index is 1.52. The second kappa shape index (κ2) is 18.7. The van der Waals surface area contributed by atoms with Crippen LogP contribution in [0.4, 0.5) is 0 Å². The zero-order valence-electron chi connectivity index (χ0n) is 21.9. The van der Waals surface area contributed by atoms with Gasteiger partial charge < -0.3 is 4.74 Å². The topological polar surface area (TPSA) is 43.4 Å². The summed E-state index contributed by atoms with van der Waals surface area (Å²) in [5.74, 6) is 0.0527. The fraction of sp³-hybridized carbons (Fsp3) is 0.742. The SMILES string of the molecule is CCCCCCCCC(CCCCCCCCC(=O)OC(=O)C1CCCCC1)c1ccccc1. The molecule has 0 heterocycles. The molecule has 1 aliphatic rings. The number of benzene rings is 1. The molecule has 0 radical (unpaired) electrons. The lowest BCUT2D eigenvalue weighted by Crippen LogP contribution is -2.23. The molecule has 1 fully saturated rings. The van der Waals surface area contributed by atoms with Crippen molar-refractivity contribution in [3.05, 3.63) is 35.9 Å². The number of carbonyl (C=O) groups excluding carboxylic acids is 2. The van der Waals surface area contributed by atoms with Crippen LogP contribution in [-0.4, -0.2) is 11.9 Å². The van der Waals surface area contributed by atoms with Crippen LogP contribution in [0.15, 0.2) is 30.3 Å². The third-order valence-corrected chi connectivity index (χ3v) is 7.51. The molecule has 1 aromatic carbocycles. The van der Waals surface area contributed by atoms with E-state index in [4.69, 9.17) is 4.74 Å². The Kier molecular flexibility index (Phi) is 15.7. The van der Waals surface area contributed by atoms with Crippen molar-refractivity contribution in [3.63, 3.8) is 0 Å². The lowest BCUT2D eigenvalue weighted by Gasteiger charge is -2.19. The molecule has 0 aromatic heterocycles. The minimum Gasteiger partial charge on any atom is -0.393 e. The van der Waals surface area contributed by atoms with E-state index in [0.717, 1.165) is 44.9 Å². The Hall–Kier alpha value is -1.64. The highest BCUT2D eigenvalue weighted by atomic mass is 16.6. The summed E-state index contributed by atoms with van der Waals surface area (Å²) in [6, 6.07) is 11.1. The van der Waals surface area contributed by atoms with E-state index in [9.17, 15) is 9.59 Å². The monoisotopic (exact) mass is 470 g/mol. The molecular formula is C31H50O3. The van der Waals surface area contributed by atoms with Crippen LogP contribution in [0.3, 0.4) is 0 Å². The normalized spacial score (nSPS) is 15.2. The van der Waals surface area contributed by atoms with Crippen LogP contribution in [0.2, 0.25) is 0 Å². The van der Waals surface area contributed by atoms with Gasteiger partial charge >= 0.3 is 11.9 Å². The van der Waals surface area contributed by atoms with E-state index in [-0.39, 0.29) is 17.9 Å². The number of hydrogen-bond donors (Lipinski definition) is 0. The quantitative estimate of drug-likeness (QED) is 0.122. The van der Waals surface area contributed by atoms with Crippen LogP contribution in [-0.2, 0) is 14.3 Å². The van der Waals surface area contributed by atoms with Gasteiger partial charge in [0.1, 0.15) is 0 Å². The highest BCUT2D eigenvalue weighted by molar-refractivity contribution is 5.86. The molecule has 34 heavy (non-hydrogen) atoms. The van der Waals surface area contributed by atoms with Crippen LogP contribution in [0, 0.1) is 5.92 Å². The van der Waals surface area contributed by atoms with E-state index in [1.54, 1.807) is 0 Å². The molecule has 1 unspecified atom stereocenters. The molecule has 0 N–H and O–H groups in total. The molecule has 3 heteroatoms. The number of esters is 2. The molecule has 3 nitrogen and oxygen atoms in total. The molecule has 0 spiro atoms. The van der Waals surface area contributed by atoms with Crippen molar-refractivity contribution in [3.8, 4) is 0 Å². The summed E-state index contributed by atoms with van der Waals surface area (Å²) < 4.78 is 5.08. The van der Waals surface area contributed by atoms with Crippen LogP contribution in [0.5, 0.6) is 0 Å². The first-order valence-electron chi connectivity index (χ1n) is 14.5. The zero-order valence-corrected chi connectivity index (χ0v) is 21.9. The Morgan fingerprint density at radius 3 is 1.94 bits per heavy atom. The van der Waals surface area contributed by atoms with Crippen molar-refractivity contribution in [1.29, 1.82) is 0 Å². The van der Waals surface area contributed by atoms with Crippen molar-refractivity contribution < 1.29 is 14.3 Å². The Morgan fingerprint density at radius 2 is 1.32 bits per heavy atom. The highest BCUT2D eigenvalue weighted by Gasteiger charge is 2.24. The van der Waals surface area contributed by atoms with Crippen molar-refractivity contribution in [1.82, 2.24) is 0 Å². The van der Waals surface area contributed by atoms with Crippen molar-refractivity contribution >= 4 is 11.9 Å². The van der Waals surface area contributed by atoms with Crippen LogP contribution in [0.1, 0.15) is 147 Å². The molecule has 1 aromatic rings. The fourth-order valence-electron chi connectivity index (χ4n) is 5.33. The maximum Gasteiger partial charge on any atom is 0.316 e. The second-order valence-electron chi connectivity index (χ2n) is 10.5. The van der Waals surface area contributed by atoms with E-state index >= 15 is 0 Å². The zero-order chi connectivity index (χ0) is 24.3. The molecule has 1 saturated carbocycles. The number of rotatable bonds is 18. The maximum absolute atomic E-state index is 12.1. The molecule has 1 atom stereocenters. The summed E-state index contributed by atoms with van der Waals surface area (Å²) in [6.07, 6.45) is 23.1. The summed E-state index contributed by atoms with van der Waals surface area (Å²) in [6.45, 7) is 2.28. The smallest absolute Gasteiger partial charge is 0.316 e. The number of carbonyl (C=O) groups is 2. The summed E-state index contributed by atoms with van der Waals surface area (Å²) in [5.41, 5.74) is 1.51. The average Bonchev–Trinajstić information content (AvgIpc) is 2.87. The molecule has 0 amide bonds. The predicted octanol–water partition coefficient (Wildman–Crippen LogP) is 9.29. The molecule has 0 saturated heterocycles. The third kappa shape index (κ3) is 12.7. The first-order chi connectivity index (χ1) is 16.7. The van der Waals surface area contributed by atoms with Crippen molar-refractivity contribution in [2.24, 2.45) is 5.92 Å². The highest BCUT2D eigenvalue weighted by Crippen LogP contribution is 2.29. The molecule has 2 rings (SSSR count). The predicted molar refractivity (Wildman–Crippen MR) is 142 cm³/mol. The standard InChI is InChI=1S/C31H50O3/c1-2-3-4-5-8-13-20-27(28-22-15-11-16-23-28)21-14-9-6-7-10-19-26-30(32)34-31(33)29-24-17-12-18-25-29/h11,15-16,22-23,27,29H,2-10,12-14,17-21,24-26H2,1H3. The summed E-state index contributed by atoms with van der Waals surface area (Å²) in [4.78, 5) is 24.0. The maximum atomic E-state index is 12.1. The molecular weight excluding hydrogens is 420 g/mol. The fourth-order valence-corrected chi connectivity index (χ4v) is 5.33. The minimum atomic E-state index is -0.323. The Morgan fingerprint density at radius 1 is 0.765 bits per heavy atom.